The van der Waals surface area contributed by atoms with Crippen molar-refractivity contribution in [3.8, 4) is 0 Å². The third-order valence-electron chi connectivity index (χ3n) is 3.01. The summed E-state index contributed by atoms with van der Waals surface area (Å²) >= 11 is 4.76. The van der Waals surface area contributed by atoms with Crippen LogP contribution in [0.2, 0.25) is 0 Å². The molecule has 0 saturated carbocycles. The van der Waals surface area contributed by atoms with Crippen molar-refractivity contribution in [1.29, 1.82) is 0 Å². The molecule has 2 aromatic rings. The Morgan fingerprint density at radius 1 is 1.42 bits per heavy atom. The van der Waals surface area contributed by atoms with Crippen LogP contribution in [0.5, 0.6) is 0 Å². The van der Waals surface area contributed by atoms with Crippen molar-refractivity contribution in [2.75, 3.05) is 5.73 Å². The van der Waals surface area contributed by atoms with Crippen molar-refractivity contribution < 1.29 is 4.39 Å². The number of nitrogens with two attached hydrogens (primary N) is 1. The molecule has 0 aliphatic heterocycles. The van der Waals surface area contributed by atoms with E-state index in [0.29, 0.717) is 9.60 Å². The van der Waals surface area contributed by atoms with Crippen molar-refractivity contribution in [1.82, 2.24) is 4.98 Å². The van der Waals surface area contributed by atoms with Gasteiger partial charge in [-0.25, -0.2) is 9.37 Å². The van der Waals surface area contributed by atoms with Gasteiger partial charge in [-0.15, -0.1) is 11.3 Å². The molecule has 102 valence electrons. The Bertz CT molecular complexity index is 595. The maximum atomic E-state index is 13.4. The predicted molar refractivity (Wildman–Crippen MR) is 82.2 cm³/mol. The van der Waals surface area contributed by atoms with Crippen molar-refractivity contribution >= 4 is 32.4 Å². The molecule has 5 heteroatoms. The number of nitrogen functional groups attached to an aromatic ring is 1. The smallest absolute Gasteiger partial charge is 0.180 e. The summed E-state index contributed by atoms with van der Waals surface area (Å²) in [7, 11) is 0. The Balaban J connectivity index is 2.33. The predicted octanol–water partition coefficient (Wildman–Crippen LogP) is 4.48. The number of anilines is 1. The van der Waals surface area contributed by atoms with Gasteiger partial charge in [0.25, 0.3) is 0 Å². The van der Waals surface area contributed by atoms with Gasteiger partial charge in [-0.05, 0) is 52.5 Å². The molecule has 0 spiro atoms. The molecule has 1 heterocycles. The number of nitrogens with zero attached hydrogens (tertiary/aromatic N) is 1. The lowest BCUT2D eigenvalue weighted by molar-refractivity contribution is 0.619. The number of thiazole rings is 1. The molecule has 19 heavy (non-hydrogen) atoms. The van der Waals surface area contributed by atoms with Gasteiger partial charge < -0.3 is 5.73 Å². The van der Waals surface area contributed by atoms with Crippen LogP contribution >= 0.6 is 27.3 Å². The van der Waals surface area contributed by atoms with Gasteiger partial charge in [-0.1, -0.05) is 13.3 Å². The van der Waals surface area contributed by atoms with Gasteiger partial charge >= 0.3 is 0 Å². The molecule has 0 amide bonds. The number of benzene rings is 1. The highest BCUT2D eigenvalue weighted by Gasteiger charge is 2.12. The normalized spacial score (nSPS) is 10.9. The lowest BCUT2D eigenvalue weighted by Crippen LogP contribution is -1.96. The Hall–Kier alpha value is -0.940. The first-order valence-electron chi connectivity index (χ1n) is 6.19. The molecule has 2 rings (SSSR count). The van der Waals surface area contributed by atoms with Gasteiger partial charge in [-0.3, -0.25) is 0 Å². The summed E-state index contributed by atoms with van der Waals surface area (Å²) in [6.07, 6.45) is 2.74. The maximum Gasteiger partial charge on any atom is 0.180 e. The fourth-order valence-corrected chi connectivity index (χ4v) is 3.32. The summed E-state index contributed by atoms with van der Waals surface area (Å²) in [6.45, 7) is 4.05. The lowest BCUT2D eigenvalue weighted by Gasteiger charge is -2.07. The topological polar surface area (TPSA) is 38.9 Å². The van der Waals surface area contributed by atoms with Crippen molar-refractivity contribution in [3.63, 3.8) is 0 Å². The summed E-state index contributed by atoms with van der Waals surface area (Å²) in [6, 6.07) is 3.40. The zero-order chi connectivity index (χ0) is 14.0. The summed E-state index contributed by atoms with van der Waals surface area (Å²) in [5, 5.41) is 0.609. The highest BCUT2D eigenvalue weighted by atomic mass is 79.9. The highest BCUT2D eigenvalue weighted by Crippen LogP contribution is 2.28. The molecule has 0 unspecified atom stereocenters. The van der Waals surface area contributed by atoms with Crippen LogP contribution in [0.25, 0.3) is 0 Å². The van der Waals surface area contributed by atoms with E-state index >= 15 is 0 Å². The molecule has 2 nitrogen and oxygen atoms in total. The van der Waals surface area contributed by atoms with Crippen LogP contribution in [0.1, 0.15) is 35.0 Å². The molecule has 2 N–H and O–H groups in total. The van der Waals surface area contributed by atoms with Crippen LogP contribution in [-0.2, 0) is 12.8 Å². The van der Waals surface area contributed by atoms with Gasteiger partial charge in [0.05, 0.1) is 10.2 Å². The van der Waals surface area contributed by atoms with Crippen LogP contribution in [0.4, 0.5) is 9.52 Å². The van der Waals surface area contributed by atoms with E-state index in [4.69, 9.17) is 5.73 Å². The number of rotatable bonds is 4. The Labute approximate surface area is 125 Å². The second-order valence-corrected chi connectivity index (χ2v) is 6.51. The Morgan fingerprint density at radius 2 is 2.16 bits per heavy atom. The third kappa shape index (κ3) is 3.34. The first-order chi connectivity index (χ1) is 9.01. The van der Waals surface area contributed by atoms with Crippen LogP contribution in [0.15, 0.2) is 16.6 Å². The van der Waals surface area contributed by atoms with Crippen molar-refractivity contribution in [2.45, 2.75) is 33.1 Å². The molecular weight excluding hydrogens is 327 g/mol. The summed E-state index contributed by atoms with van der Waals surface area (Å²) in [5.74, 6) is -0.223. The molecule has 1 aromatic heterocycles. The largest absolute Gasteiger partial charge is 0.375 e. The number of aromatic nitrogens is 1. The van der Waals surface area contributed by atoms with Crippen LogP contribution < -0.4 is 5.73 Å². The van der Waals surface area contributed by atoms with E-state index in [-0.39, 0.29) is 5.82 Å². The minimum atomic E-state index is -0.223. The first-order valence-corrected chi connectivity index (χ1v) is 7.80. The van der Waals surface area contributed by atoms with Crippen LogP contribution in [0, 0.1) is 12.7 Å². The van der Waals surface area contributed by atoms with E-state index < -0.39 is 0 Å². The molecular formula is C14H16BrFN2S. The van der Waals surface area contributed by atoms with Gasteiger partial charge in [0.2, 0.25) is 0 Å². The summed E-state index contributed by atoms with van der Waals surface area (Å²) in [5.41, 5.74) is 8.93. The fraction of sp³-hybridized carbons (Fsp3) is 0.357. The van der Waals surface area contributed by atoms with Crippen LogP contribution in [0.3, 0.4) is 0 Å². The average molecular weight is 343 g/mol. The second-order valence-electron chi connectivity index (χ2n) is 4.54. The molecule has 0 aliphatic rings. The van der Waals surface area contributed by atoms with Gasteiger partial charge in [0.1, 0.15) is 5.82 Å². The molecule has 0 radical (unpaired) electrons. The van der Waals surface area contributed by atoms with Gasteiger partial charge in [0.15, 0.2) is 5.13 Å². The van der Waals surface area contributed by atoms with Crippen LogP contribution in [-0.4, -0.2) is 4.98 Å². The monoisotopic (exact) mass is 342 g/mol. The number of halogens is 2. The van der Waals surface area contributed by atoms with Crippen molar-refractivity contribution in [3.05, 3.63) is 44.1 Å². The van der Waals surface area contributed by atoms with E-state index in [1.807, 2.05) is 13.0 Å². The SMILES string of the molecule is CCCc1nc(N)sc1Cc1cc(Br)c(F)cc1C. The second kappa shape index (κ2) is 6.01. The number of hydrogen-bond donors (Lipinski definition) is 1. The van der Waals surface area contributed by atoms with Gasteiger partial charge in [-0.2, -0.15) is 0 Å². The summed E-state index contributed by atoms with van der Waals surface area (Å²) in [4.78, 5) is 5.56. The number of hydrogen-bond acceptors (Lipinski definition) is 3. The molecule has 0 aliphatic carbocycles. The fourth-order valence-electron chi connectivity index (χ4n) is 2.02. The quantitative estimate of drug-likeness (QED) is 0.889. The highest BCUT2D eigenvalue weighted by molar-refractivity contribution is 9.10. The van der Waals surface area contributed by atoms with E-state index in [1.54, 1.807) is 6.07 Å². The maximum absolute atomic E-state index is 13.4. The number of aryl methyl sites for hydroxylation is 2. The third-order valence-corrected chi connectivity index (χ3v) is 4.55. The molecule has 0 bridgehead atoms. The zero-order valence-electron chi connectivity index (χ0n) is 11.0. The minimum absolute atomic E-state index is 0.223. The van der Waals surface area contributed by atoms with E-state index in [9.17, 15) is 4.39 Å². The standard InChI is InChI=1S/C14H16BrFN2S/c1-3-4-12-13(19-14(17)18-12)7-9-6-10(15)11(16)5-8(9)2/h5-6H,3-4,7H2,1-2H3,(H2,17,18). The van der Waals surface area contributed by atoms with Gasteiger partial charge in [0, 0.05) is 11.3 Å². The summed E-state index contributed by atoms with van der Waals surface area (Å²) < 4.78 is 13.9. The van der Waals surface area contributed by atoms with E-state index in [1.165, 1.54) is 16.2 Å². The first kappa shape index (κ1) is 14.5. The Kier molecular flexibility index (Phi) is 4.58. The van der Waals surface area contributed by atoms with E-state index in [2.05, 4.69) is 27.8 Å². The molecule has 1 aromatic carbocycles. The van der Waals surface area contributed by atoms with E-state index in [0.717, 1.165) is 36.1 Å². The molecule has 0 saturated heterocycles. The molecule has 0 atom stereocenters. The lowest BCUT2D eigenvalue weighted by atomic mass is 10.0. The van der Waals surface area contributed by atoms with Crippen molar-refractivity contribution in [2.24, 2.45) is 0 Å². The zero-order valence-corrected chi connectivity index (χ0v) is 13.4. The Morgan fingerprint density at radius 3 is 2.84 bits per heavy atom. The average Bonchev–Trinajstić information content (AvgIpc) is 2.67. The minimum Gasteiger partial charge on any atom is -0.375 e. The molecule has 0 fully saturated rings.